The van der Waals surface area contributed by atoms with Crippen LogP contribution in [-0.4, -0.2) is 30.9 Å². The Morgan fingerprint density at radius 2 is 2.41 bits per heavy atom. The molecule has 1 fully saturated rings. The monoisotopic (exact) mass is 313 g/mol. The molecule has 1 aromatic carbocycles. The smallest absolute Gasteiger partial charge is 0.176 e. The summed E-state index contributed by atoms with van der Waals surface area (Å²) in [7, 11) is 1.79. The van der Waals surface area contributed by atoms with Crippen molar-refractivity contribution in [3.05, 3.63) is 33.8 Å². The SMILES string of the molecule is CNCC(=O)c1ccc(C2CCSC2)c(Br)c1. The molecule has 2 nitrogen and oxygen atoms in total. The number of rotatable bonds is 4. The van der Waals surface area contributed by atoms with E-state index in [0.29, 0.717) is 12.5 Å². The van der Waals surface area contributed by atoms with Gasteiger partial charge in [0.2, 0.25) is 0 Å². The Labute approximate surface area is 115 Å². The molecular formula is C13H16BrNOS. The highest BCUT2D eigenvalue weighted by Gasteiger charge is 2.20. The molecule has 1 heterocycles. The molecule has 1 aliphatic heterocycles. The number of hydrogen-bond donors (Lipinski definition) is 1. The van der Waals surface area contributed by atoms with Crippen LogP contribution in [-0.2, 0) is 0 Å². The quantitative estimate of drug-likeness (QED) is 0.866. The number of ketones is 1. The van der Waals surface area contributed by atoms with E-state index in [1.165, 1.54) is 23.5 Å². The van der Waals surface area contributed by atoms with Crippen LogP contribution in [0.5, 0.6) is 0 Å². The van der Waals surface area contributed by atoms with Crippen LogP contribution in [0.25, 0.3) is 0 Å². The van der Waals surface area contributed by atoms with E-state index in [2.05, 4.69) is 27.3 Å². The standard InChI is InChI=1S/C13H16BrNOS/c1-15-7-13(16)9-2-3-11(12(14)6-9)10-4-5-17-8-10/h2-3,6,10,15H,4-5,7-8H2,1H3. The van der Waals surface area contributed by atoms with E-state index in [9.17, 15) is 4.79 Å². The number of halogens is 1. The second kappa shape index (κ2) is 6.03. The molecule has 0 bridgehead atoms. The third-order valence-electron chi connectivity index (χ3n) is 3.03. The van der Waals surface area contributed by atoms with Crippen LogP contribution in [0.3, 0.4) is 0 Å². The fraction of sp³-hybridized carbons (Fsp3) is 0.462. The molecule has 0 radical (unpaired) electrons. The van der Waals surface area contributed by atoms with Crippen molar-refractivity contribution < 1.29 is 4.79 Å². The average molecular weight is 314 g/mol. The first-order chi connectivity index (χ1) is 8.22. The molecule has 1 atom stereocenters. The van der Waals surface area contributed by atoms with Crippen molar-refractivity contribution in [3.8, 4) is 0 Å². The zero-order chi connectivity index (χ0) is 12.3. The molecule has 1 aromatic rings. The lowest BCUT2D eigenvalue weighted by molar-refractivity contribution is 0.0993. The minimum absolute atomic E-state index is 0.139. The Bertz CT molecular complexity index is 416. The molecule has 0 amide bonds. The van der Waals surface area contributed by atoms with E-state index in [1.807, 2.05) is 23.9 Å². The molecule has 1 N–H and O–H groups in total. The van der Waals surface area contributed by atoms with Gasteiger partial charge in [-0.2, -0.15) is 11.8 Å². The van der Waals surface area contributed by atoms with Crippen LogP contribution in [0.2, 0.25) is 0 Å². The van der Waals surface area contributed by atoms with E-state index < -0.39 is 0 Å². The molecule has 1 saturated heterocycles. The Kier molecular flexibility index (Phi) is 4.65. The normalized spacial score (nSPS) is 19.5. The summed E-state index contributed by atoms with van der Waals surface area (Å²) in [4.78, 5) is 11.7. The van der Waals surface area contributed by atoms with Crippen molar-refractivity contribution in [2.24, 2.45) is 0 Å². The number of likely N-dealkylation sites (N-methyl/N-ethyl adjacent to an activating group) is 1. The molecule has 0 saturated carbocycles. The van der Waals surface area contributed by atoms with Gasteiger partial charge >= 0.3 is 0 Å². The Morgan fingerprint density at radius 3 is 3.00 bits per heavy atom. The first kappa shape index (κ1) is 13.1. The van der Waals surface area contributed by atoms with Gasteiger partial charge in [0, 0.05) is 15.8 Å². The molecule has 17 heavy (non-hydrogen) atoms. The van der Waals surface area contributed by atoms with Gasteiger partial charge < -0.3 is 5.32 Å². The molecule has 0 aromatic heterocycles. The molecule has 0 aliphatic carbocycles. The summed E-state index contributed by atoms with van der Waals surface area (Å²) in [5, 5.41) is 2.89. The van der Waals surface area contributed by atoms with Crippen LogP contribution < -0.4 is 5.32 Å². The maximum absolute atomic E-state index is 11.7. The summed E-state index contributed by atoms with van der Waals surface area (Å²) in [6.45, 7) is 0.394. The van der Waals surface area contributed by atoms with Crippen LogP contribution in [0.4, 0.5) is 0 Å². The molecule has 1 unspecified atom stereocenters. The molecule has 0 spiro atoms. The van der Waals surface area contributed by atoms with E-state index in [4.69, 9.17) is 0 Å². The Balaban J connectivity index is 2.19. The fourth-order valence-corrected chi connectivity index (χ4v) is 4.03. The topological polar surface area (TPSA) is 29.1 Å². The van der Waals surface area contributed by atoms with Crippen LogP contribution in [0, 0.1) is 0 Å². The molecular weight excluding hydrogens is 298 g/mol. The van der Waals surface area contributed by atoms with Gasteiger partial charge in [0.25, 0.3) is 0 Å². The zero-order valence-electron chi connectivity index (χ0n) is 9.83. The predicted octanol–water partition coefficient (Wildman–Crippen LogP) is 3.07. The van der Waals surface area contributed by atoms with Gasteiger partial charge in [0.05, 0.1) is 6.54 Å². The number of hydrogen-bond acceptors (Lipinski definition) is 3. The summed E-state index contributed by atoms with van der Waals surface area (Å²) in [6.07, 6.45) is 1.24. The highest BCUT2D eigenvalue weighted by Crippen LogP contribution is 2.36. The fourth-order valence-electron chi connectivity index (χ4n) is 2.07. The summed E-state index contributed by atoms with van der Waals surface area (Å²) in [6, 6.07) is 6.00. The van der Waals surface area contributed by atoms with E-state index >= 15 is 0 Å². The highest BCUT2D eigenvalue weighted by molar-refractivity contribution is 9.10. The van der Waals surface area contributed by atoms with Crippen molar-refractivity contribution in [1.29, 1.82) is 0 Å². The molecule has 92 valence electrons. The lowest BCUT2D eigenvalue weighted by Gasteiger charge is -2.12. The van der Waals surface area contributed by atoms with Gasteiger partial charge in [-0.25, -0.2) is 0 Å². The lowest BCUT2D eigenvalue weighted by Crippen LogP contribution is -2.18. The maximum atomic E-state index is 11.7. The van der Waals surface area contributed by atoms with Gasteiger partial charge in [-0.3, -0.25) is 4.79 Å². The first-order valence-electron chi connectivity index (χ1n) is 5.77. The number of Topliss-reactive ketones (excluding diaryl/α,β-unsaturated/α-hetero) is 1. The van der Waals surface area contributed by atoms with Crippen molar-refractivity contribution in [1.82, 2.24) is 5.32 Å². The summed E-state index contributed by atoms with van der Waals surface area (Å²) in [5.41, 5.74) is 2.12. The van der Waals surface area contributed by atoms with Gasteiger partial charge in [-0.05, 0) is 36.8 Å². The summed E-state index contributed by atoms with van der Waals surface area (Å²) >= 11 is 5.60. The minimum Gasteiger partial charge on any atom is -0.313 e. The summed E-state index contributed by atoms with van der Waals surface area (Å²) in [5.74, 6) is 3.23. The van der Waals surface area contributed by atoms with Crippen molar-refractivity contribution in [2.75, 3.05) is 25.1 Å². The van der Waals surface area contributed by atoms with Crippen LogP contribution in [0.15, 0.2) is 22.7 Å². The van der Waals surface area contributed by atoms with Crippen molar-refractivity contribution in [2.45, 2.75) is 12.3 Å². The Hall–Kier alpha value is -0.320. The maximum Gasteiger partial charge on any atom is 0.176 e. The van der Waals surface area contributed by atoms with E-state index in [1.54, 1.807) is 7.05 Å². The van der Waals surface area contributed by atoms with Gasteiger partial charge in [0.1, 0.15) is 0 Å². The molecule has 2 rings (SSSR count). The van der Waals surface area contributed by atoms with E-state index in [-0.39, 0.29) is 5.78 Å². The highest BCUT2D eigenvalue weighted by atomic mass is 79.9. The zero-order valence-corrected chi connectivity index (χ0v) is 12.2. The molecule has 4 heteroatoms. The van der Waals surface area contributed by atoms with Crippen LogP contribution in [0.1, 0.15) is 28.3 Å². The second-order valence-electron chi connectivity index (χ2n) is 4.25. The number of carbonyl (C=O) groups is 1. The third kappa shape index (κ3) is 3.12. The number of thioether (sulfide) groups is 1. The van der Waals surface area contributed by atoms with Gasteiger partial charge in [-0.1, -0.05) is 28.1 Å². The van der Waals surface area contributed by atoms with Gasteiger partial charge in [-0.15, -0.1) is 0 Å². The predicted molar refractivity (Wildman–Crippen MR) is 77.1 cm³/mol. The largest absolute Gasteiger partial charge is 0.313 e. The van der Waals surface area contributed by atoms with Crippen molar-refractivity contribution >= 4 is 33.5 Å². The van der Waals surface area contributed by atoms with Crippen LogP contribution >= 0.6 is 27.7 Å². The number of benzene rings is 1. The third-order valence-corrected chi connectivity index (χ3v) is 4.88. The van der Waals surface area contributed by atoms with Gasteiger partial charge in [0.15, 0.2) is 5.78 Å². The first-order valence-corrected chi connectivity index (χ1v) is 7.72. The Morgan fingerprint density at radius 1 is 1.59 bits per heavy atom. The van der Waals surface area contributed by atoms with E-state index in [0.717, 1.165) is 10.0 Å². The number of nitrogens with one attached hydrogen (secondary N) is 1. The minimum atomic E-state index is 0.139. The molecule has 1 aliphatic rings. The van der Waals surface area contributed by atoms with Crippen molar-refractivity contribution in [3.63, 3.8) is 0 Å². The second-order valence-corrected chi connectivity index (χ2v) is 6.25. The lowest BCUT2D eigenvalue weighted by atomic mass is 9.97. The average Bonchev–Trinajstić information content (AvgIpc) is 2.82. The summed E-state index contributed by atoms with van der Waals surface area (Å²) < 4.78 is 1.08. The number of carbonyl (C=O) groups excluding carboxylic acids is 1.